The van der Waals surface area contributed by atoms with E-state index in [0.29, 0.717) is 35.2 Å². The zero-order chi connectivity index (χ0) is 23.8. The first-order valence-corrected chi connectivity index (χ1v) is 11.6. The van der Waals surface area contributed by atoms with Crippen LogP contribution < -0.4 is 4.72 Å². The number of hydrogen-bond acceptors (Lipinski definition) is 6. The van der Waals surface area contributed by atoms with Gasteiger partial charge in [-0.05, 0) is 37.6 Å². The van der Waals surface area contributed by atoms with E-state index in [1.54, 1.807) is 43.1 Å². The number of imidazole rings is 1. The Balaban J connectivity index is 1.74. The van der Waals surface area contributed by atoms with Gasteiger partial charge in [-0.1, -0.05) is 6.92 Å². The highest BCUT2D eigenvalue weighted by Crippen LogP contribution is 2.24. The van der Waals surface area contributed by atoms with Gasteiger partial charge < -0.3 is 0 Å². The number of aromatic nitrogens is 4. The minimum Gasteiger partial charge on any atom is -0.288 e. The van der Waals surface area contributed by atoms with Crippen LogP contribution in [-0.2, 0) is 10.0 Å². The summed E-state index contributed by atoms with van der Waals surface area (Å²) < 4.78 is 56.6. The third-order valence-corrected chi connectivity index (χ3v) is 6.38. The number of carbonyl (C=O) groups excluding carboxylic acids is 1. The summed E-state index contributed by atoms with van der Waals surface area (Å²) >= 11 is 0. The number of benzene rings is 2. The molecule has 0 bridgehead atoms. The Labute approximate surface area is 188 Å². The minimum atomic E-state index is -3.76. The molecule has 2 heterocycles. The highest BCUT2D eigenvalue weighted by molar-refractivity contribution is 7.92. The van der Waals surface area contributed by atoms with Gasteiger partial charge in [0.25, 0.3) is 0 Å². The lowest BCUT2D eigenvalue weighted by Gasteiger charge is -2.11. The maximum Gasteiger partial charge on any atom is 0.232 e. The van der Waals surface area contributed by atoms with E-state index in [2.05, 4.69) is 19.7 Å². The second-order valence-corrected chi connectivity index (χ2v) is 9.19. The molecule has 0 amide bonds. The van der Waals surface area contributed by atoms with Gasteiger partial charge in [0.1, 0.15) is 5.82 Å². The summed E-state index contributed by atoms with van der Waals surface area (Å²) in [5.41, 5.74) is 0.0818. The monoisotopic (exact) mass is 471 g/mol. The first-order valence-electron chi connectivity index (χ1n) is 10.00. The molecule has 33 heavy (non-hydrogen) atoms. The standard InChI is InChI=1S/C22H19F2N5O3S/c1-3-8-33(31,32)28-15-10-16(21(24)17(23)11-15)22(30)14-4-5-18-19(9-14)27-20(12-26-18)29-7-6-25-13(29)2/h4-7,9-12,28H,3,8H2,1-2H3. The fourth-order valence-electron chi connectivity index (χ4n) is 3.35. The highest BCUT2D eigenvalue weighted by atomic mass is 32.2. The van der Waals surface area contributed by atoms with Gasteiger partial charge in [0.15, 0.2) is 23.2 Å². The van der Waals surface area contributed by atoms with Crippen molar-refractivity contribution in [2.45, 2.75) is 20.3 Å². The molecule has 2 aromatic heterocycles. The quantitative estimate of drug-likeness (QED) is 0.411. The summed E-state index contributed by atoms with van der Waals surface area (Å²) in [6, 6.07) is 6.07. The normalized spacial score (nSPS) is 11.6. The SMILES string of the molecule is CCCS(=O)(=O)Nc1cc(F)c(F)c(C(=O)c2ccc3ncc(-n4ccnc4C)nc3c2)c1. The van der Waals surface area contributed by atoms with Gasteiger partial charge in [-0.2, -0.15) is 0 Å². The van der Waals surface area contributed by atoms with Crippen molar-refractivity contribution >= 4 is 32.5 Å². The maximum absolute atomic E-state index is 14.5. The van der Waals surface area contributed by atoms with Crippen LogP contribution in [0.1, 0.15) is 35.1 Å². The lowest BCUT2D eigenvalue weighted by Crippen LogP contribution is -2.17. The van der Waals surface area contributed by atoms with Gasteiger partial charge in [-0.3, -0.25) is 19.1 Å². The van der Waals surface area contributed by atoms with Crippen LogP contribution in [0.25, 0.3) is 16.9 Å². The smallest absolute Gasteiger partial charge is 0.232 e. The molecule has 11 heteroatoms. The number of rotatable bonds is 7. The van der Waals surface area contributed by atoms with Crippen molar-refractivity contribution in [1.29, 1.82) is 0 Å². The summed E-state index contributed by atoms with van der Waals surface area (Å²) in [6.07, 6.45) is 5.21. The molecule has 8 nitrogen and oxygen atoms in total. The average Bonchev–Trinajstić information content (AvgIpc) is 3.20. The number of anilines is 1. The van der Waals surface area contributed by atoms with Crippen molar-refractivity contribution in [3.63, 3.8) is 0 Å². The van der Waals surface area contributed by atoms with Crippen LogP contribution in [0.5, 0.6) is 0 Å². The molecule has 170 valence electrons. The summed E-state index contributed by atoms with van der Waals surface area (Å²) in [7, 11) is -3.76. The molecule has 0 saturated heterocycles. The molecule has 0 spiro atoms. The molecule has 1 N–H and O–H groups in total. The predicted octanol–water partition coefficient (Wildman–Crippen LogP) is 3.78. The Bertz CT molecular complexity index is 1480. The number of carbonyl (C=O) groups is 1. The van der Waals surface area contributed by atoms with Crippen molar-refractivity contribution in [3.05, 3.63) is 77.5 Å². The van der Waals surface area contributed by atoms with Gasteiger partial charge in [-0.25, -0.2) is 27.2 Å². The summed E-state index contributed by atoms with van der Waals surface area (Å²) in [6.45, 7) is 3.46. The predicted molar refractivity (Wildman–Crippen MR) is 119 cm³/mol. The zero-order valence-corrected chi connectivity index (χ0v) is 18.5. The number of fused-ring (bicyclic) bond motifs is 1. The van der Waals surface area contributed by atoms with Crippen molar-refractivity contribution in [3.8, 4) is 5.82 Å². The number of hydrogen-bond donors (Lipinski definition) is 1. The van der Waals surface area contributed by atoms with E-state index in [1.807, 2.05) is 0 Å². The number of nitrogens with one attached hydrogen (secondary N) is 1. The molecule has 0 atom stereocenters. The summed E-state index contributed by atoms with van der Waals surface area (Å²) in [5, 5.41) is 0. The first-order chi connectivity index (χ1) is 15.7. The topological polar surface area (TPSA) is 107 Å². The van der Waals surface area contributed by atoms with Crippen LogP contribution in [0.15, 0.2) is 48.9 Å². The van der Waals surface area contributed by atoms with E-state index in [1.165, 1.54) is 12.1 Å². The van der Waals surface area contributed by atoms with E-state index in [-0.39, 0.29) is 17.0 Å². The summed E-state index contributed by atoms with van der Waals surface area (Å²) in [4.78, 5) is 26.0. The van der Waals surface area contributed by atoms with Crippen molar-refractivity contribution in [2.75, 3.05) is 10.5 Å². The Morgan fingerprint density at radius 3 is 2.61 bits per heavy atom. The molecule has 0 aliphatic heterocycles. The van der Waals surface area contributed by atoms with Gasteiger partial charge in [0.2, 0.25) is 10.0 Å². The number of ketones is 1. The second kappa shape index (κ2) is 8.66. The van der Waals surface area contributed by atoms with Crippen LogP contribution in [0.4, 0.5) is 14.5 Å². The molecular weight excluding hydrogens is 452 g/mol. The third-order valence-electron chi connectivity index (χ3n) is 4.88. The maximum atomic E-state index is 14.5. The molecule has 0 aliphatic carbocycles. The van der Waals surface area contributed by atoms with Crippen LogP contribution in [0, 0.1) is 18.6 Å². The molecule has 2 aromatic carbocycles. The number of sulfonamides is 1. The number of aryl methyl sites for hydroxylation is 1. The van der Waals surface area contributed by atoms with Crippen molar-refractivity contribution in [1.82, 2.24) is 19.5 Å². The molecular formula is C22H19F2N5O3S. The van der Waals surface area contributed by atoms with E-state index in [4.69, 9.17) is 0 Å². The minimum absolute atomic E-state index is 0.0446. The van der Waals surface area contributed by atoms with Crippen LogP contribution in [0.2, 0.25) is 0 Å². The number of halogens is 2. The van der Waals surface area contributed by atoms with E-state index in [0.717, 1.165) is 6.07 Å². The van der Waals surface area contributed by atoms with Gasteiger partial charge >= 0.3 is 0 Å². The lowest BCUT2D eigenvalue weighted by atomic mass is 10.0. The lowest BCUT2D eigenvalue weighted by molar-refractivity contribution is 0.103. The van der Waals surface area contributed by atoms with E-state index >= 15 is 0 Å². The Hall–Kier alpha value is -3.73. The third kappa shape index (κ3) is 4.58. The first kappa shape index (κ1) is 22.5. The molecule has 0 fully saturated rings. The van der Waals surface area contributed by atoms with Crippen molar-refractivity contribution < 1.29 is 22.0 Å². The Kier molecular flexibility index (Phi) is 5.90. The van der Waals surface area contributed by atoms with E-state index < -0.39 is 33.0 Å². The fourth-order valence-corrected chi connectivity index (χ4v) is 4.46. The molecule has 0 saturated carbocycles. The van der Waals surface area contributed by atoms with Crippen LogP contribution in [-0.4, -0.2) is 39.5 Å². The molecule has 4 rings (SSSR count). The molecule has 4 aromatic rings. The van der Waals surface area contributed by atoms with E-state index in [9.17, 15) is 22.0 Å². The van der Waals surface area contributed by atoms with Crippen molar-refractivity contribution in [2.24, 2.45) is 0 Å². The largest absolute Gasteiger partial charge is 0.288 e. The molecule has 0 aliphatic rings. The second-order valence-electron chi connectivity index (χ2n) is 7.35. The molecule has 0 unspecified atom stereocenters. The van der Waals surface area contributed by atoms with Crippen LogP contribution >= 0.6 is 0 Å². The fraction of sp³-hybridized carbons (Fsp3) is 0.182. The number of nitrogens with zero attached hydrogens (tertiary/aromatic N) is 4. The molecule has 0 radical (unpaired) electrons. The zero-order valence-electron chi connectivity index (χ0n) is 17.7. The highest BCUT2D eigenvalue weighted by Gasteiger charge is 2.21. The Morgan fingerprint density at radius 1 is 1.12 bits per heavy atom. The van der Waals surface area contributed by atoms with Gasteiger partial charge in [0.05, 0.1) is 34.2 Å². The van der Waals surface area contributed by atoms with Crippen LogP contribution in [0.3, 0.4) is 0 Å². The Morgan fingerprint density at radius 2 is 1.91 bits per heavy atom. The van der Waals surface area contributed by atoms with Gasteiger partial charge in [0, 0.05) is 24.0 Å². The summed E-state index contributed by atoms with van der Waals surface area (Å²) in [5.74, 6) is -2.56. The van der Waals surface area contributed by atoms with Gasteiger partial charge in [-0.15, -0.1) is 0 Å². The average molecular weight is 471 g/mol.